The molecule has 0 aromatic rings. The van der Waals surface area contributed by atoms with Crippen molar-refractivity contribution in [3.63, 3.8) is 0 Å². The topological polar surface area (TPSA) is 72.5 Å². The Morgan fingerprint density at radius 2 is 2.13 bits per heavy atom. The second-order valence-corrected chi connectivity index (χ2v) is 3.81. The third-order valence-corrected chi connectivity index (χ3v) is 2.57. The fourth-order valence-corrected chi connectivity index (χ4v) is 1.39. The van der Waals surface area contributed by atoms with Crippen LogP contribution in [-0.2, 0) is 9.53 Å². The highest BCUT2D eigenvalue weighted by Crippen LogP contribution is 2.13. The first kappa shape index (κ1) is 14.4. The zero-order chi connectivity index (χ0) is 11.7. The van der Waals surface area contributed by atoms with Gasteiger partial charge in [0.1, 0.15) is 0 Å². The highest BCUT2D eigenvalue weighted by Gasteiger charge is 2.17. The van der Waals surface area contributed by atoms with E-state index >= 15 is 0 Å². The number of hydrogen-bond donors (Lipinski definition) is 2. The van der Waals surface area contributed by atoms with E-state index < -0.39 is 12.1 Å². The van der Waals surface area contributed by atoms with Gasteiger partial charge in [-0.3, -0.25) is 0 Å². The van der Waals surface area contributed by atoms with Crippen molar-refractivity contribution in [2.45, 2.75) is 45.6 Å². The molecule has 0 aliphatic rings. The van der Waals surface area contributed by atoms with Crippen LogP contribution in [0.1, 0.15) is 39.5 Å². The molecule has 90 valence electrons. The van der Waals surface area contributed by atoms with Crippen molar-refractivity contribution >= 4 is 5.97 Å². The van der Waals surface area contributed by atoms with Crippen LogP contribution in [0.5, 0.6) is 0 Å². The number of hydrogen-bond acceptors (Lipinski definition) is 3. The standard InChI is InChI=1S/C11H23NO3/c1-3-5-6-9(4-2)8-15-10(7-12)11(13)14/h9-10H,3-8,12H2,1-2H3,(H,13,14). The Hall–Kier alpha value is -0.610. The summed E-state index contributed by atoms with van der Waals surface area (Å²) in [5.41, 5.74) is 5.30. The quantitative estimate of drug-likeness (QED) is 0.615. The van der Waals surface area contributed by atoms with Gasteiger partial charge in [0.2, 0.25) is 0 Å². The molecule has 3 N–H and O–H groups in total. The fraction of sp³-hybridized carbons (Fsp3) is 0.909. The molecule has 0 saturated carbocycles. The zero-order valence-electron chi connectivity index (χ0n) is 9.74. The molecule has 0 amide bonds. The molecule has 2 atom stereocenters. The van der Waals surface area contributed by atoms with Gasteiger partial charge in [-0.2, -0.15) is 0 Å². The second kappa shape index (κ2) is 8.68. The van der Waals surface area contributed by atoms with Crippen LogP contribution in [0.2, 0.25) is 0 Å². The molecule has 0 aliphatic carbocycles. The zero-order valence-corrected chi connectivity index (χ0v) is 9.74. The minimum Gasteiger partial charge on any atom is -0.479 e. The Morgan fingerprint density at radius 3 is 2.53 bits per heavy atom. The van der Waals surface area contributed by atoms with Crippen LogP contribution in [0.15, 0.2) is 0 Å². The van der Waals surface area contributed by atoms with E-state index in [1.54, 1.807) is 0 Å². The molecule has 15 heavy (non-hydrogen) atoms. The van der Waals surface area contributed by atoms with Gasteiger partial charge in [0, 0.05) is 6.54 Å². The summed E-state index contributed by atoms with van der Waals surface area (Å²) in [6.07, 6.45) is 3.61. The first-order valence-corrected chi connectivity index (χ1v) is 5.70. The maximum Gasteiger partial charge on any atom is 0.334 e. The second-order valence-electron chi connectivity index (χ2n) is 3.81. The summed E-state index contributed by atoms with van der Waals surface area (Å²) in [6.45, 7) is 4.79. The van der Waals surface area contributed by atoms with E-state index in [0.717, 1.165) is 19.3 Å². The number of carboxylic acid groups (broad SMARTS) is 1. The van der Waals surface area contributed by atoms with Crippen LogP contribution in [0.4, 0.5) is 0 Å². The molecule has 0 fully saturated rings. The SMILES string of the molecule is CCCCC(CC)COC(CN)C(=O)O. The summed E-state index contributed by atoms with van der Waals surface area (Å²) >= 11 is 0. The molecule has 0 saturated heterocycles. The van der Waals surface area contributed by atoms with Gasteiger partial charge < -0.3 is 15.6 Å². The molecular formula is C11H23NO3. The van der Waals surface area contributed by atoms with E-state index in [-0.39, 0.29) is 6.54 Å². The van der Waals surface area contributed by atoms with Gasteiger partial charge in [-0.1, -0.05) is 33.1 Å². The van der Waals surface area contributed by atoms with Crippen molar-refractivity contribution in [3.8, 4) is 0 Å². The molecule has 4 heteroatoms. The average Bonchev–Trinajstić information content (AvgIpc) is 2.23. The summed E-state index contributed by atoms with van der Waals surface area (Å²) in [5, 5.41) is 8.73. The van der Waals surface area contributed by atoms with E-state index in [1.165, 1.54) is 6.42 Å². The molecule has 0 bridgehead atoms. The number of aliphatic carboxylic acids is 1. The first-order chi connectivity index (χ1) is 7.15. The lowest BCUT2D eigenvalue weighted by molar-refractivity contribution is -0.150. The lowest BCUT2D eigenvalue weighted by atomic mass is 10.0. The number of rotatable bonds is 9. The van der Waals surface area contributed by atoms with Crippen LogP contribution >= 0.6 is 0 Å². The van der Waals surface area contributed by atoms with E-state index in [1.807, 2.05) is 0 Å². The van der Waals surface area contributed by atoms with E-state index in [0.29, 0.717) is 12.5 Å². The Morgan fingerprint density at radius 1 is 1.47 bits per heavy atom. The Balaban J connectivity index is 3.81. The van der Waals surface area contributed by atoms with Crippen LogP contribution in [-0.4, -0.2) is 30.3 Å². The van der Waals surface area contributed by atoms with Crippen molar-refractivity contribution in [2.24, 2.45) is 11.7 Å². The maximum absolute atomic E-state index is 10.6. The monoisotopic (exact) mass is 217 g/mol. The molecule has 0 heterocycles. The van der Waals surface area contributed by atoms with Crippen molar-refractivity contribution < 1.29 is 14.6 Å². The van der Waals surface area contributed by atoms with Crippen molar-refractivity contribution in [3.05, 3.63) is 0 Å². The van der Waals surface area contributed by atoms with Gasteiger partial charge in [-0.25, -0.2) is 4.79 Å². The Kier molecular flexibility index (Phi) is 8.33. The number of carbonyl (C=O) groups is 1. The normalized spacial score (nSPS) is 14.9. The summed E-state index contributed by atoms with van der Waals surface area (Å²) in [7, 11) is 0. The van der Waals surface area contributed by atoms with E-state index in [4.69, 9.17) is 15.6 Å². The van der Waals surface area contributed by atoms with Crippen LogP contribution < -0.4 is 5.73 Å². The maximum atomic E-state index is 10.6. The molecule has 4 nitrogen and oxygen atoms in total. The average molecular weight is 217 g/mol. The largest absolute Gasteiger partial charge is 0.479 e. The highest BCUT2D eigenvalue weighted by atomic mass is 16.5. The minimum absolute atomic E-state index is 0.0412. The van der Waals surface area contributed by atoms with E-state index in [2.05, 4.69) is 13.8 Å². The molecule has 2 unspecified atom stereocenters. The van der Waals surface area contributed by atoms with Crippen molar-refractivity contribution in [1.82, 2.24) is 0 Å². The third-order valence-electron chi connectivity index (χ3n) is 2.57. The Labute approximate surface area is 91.8 Å². The Bertz CT molecular complexity index is 173. The summed E-state index contributed by atoms with van der Waals surface area (Å²) in [5.74, 6) is -0.513. The van der Waals surface area contributed by atoms with Gasteiger partial charge in [0.25, 0.3) is 0 Å². The number of ether oxygens (including phenoxy) is 1. The molecule has 0 spiro atoms. The predicted octanol–water partition coefficient (Wildman–Crippen LogP) is 1.63. The van der Waals surface area contributed by atoms with Gasteiger partial charge in [-0.15, -0.1) is 0 Å². The molecule has 0 aromatic carbocycles. The van der Waals surface area contributed by atoms with Crippen LogP contribution in [0.25, 0.3) is 0 Å². The number of unbranched alkanes of at least 4 members (excludes halogenated alkanes) is 1. The van der Waals surface area contributed by atoms with Gasteiger partial charge >= 0.3 is 5.97 Å². The number of carboxylic acids is 1. The van der Waals surface area contributed by atoms with Crippen molar-refractivity contribution in [1.29, 1.82) is 0 Å². The lowest BCUT2D eigenvalue weighted by Crippen LogP contribution is -2.33. The summed E-state index contributed by atoms with van der Waals surface area (Å²) in [6, 6.07) is 0. The highest BCUT2D eigenvalue weighted by molar-refractivity contribution is 5.72. The van der Waals surface area contributed by atoms with Gasteiger partial charge in [0.05, 0.1) is 6.61 Å². The molecule has 0 aromatic heterocycles. The summed E-state index contributed by atoms with van der Waals surface area (Å²) < 4.78 is 5.28. The molecular weight excluding hydrogens is 194 g/mol. The molecule has 0 radical (unpaired) electrons. The lowest BCUT2D eigenvalue weighted by Gasteiger charge is -2.17. The van der Waals surface area contributed by atoms with Crippen LogP contribution in [0, 0.1) is 5.92 Å². The molecule has 0 rings (SSSR count). The predicted molar refractivity (Wildman–Crippen MR) is 59.7 cm³/mol. The van der Waals surface area contributed by atoms with Gasteiger partial charge in [0.15, 0.2) is 6.10 Å². The smallest absolute Gasteiger partial charge is 0.334 e. The third kappa shape index (κ3) is 6.47. The number of nitrogens with two attached hydrogens (primary N) is 1. The minimum atomic E-state index is -0.970. The van der Waals surface area contributed by atoms with Crippen LogP contribution in [0.3, 0.4) is 0 Å². The molecule has 0 aliphatic heterocycles. The first-order valence-electron chi connectivity index (χ1n) is 5.70. The summed E-state index contributed by atoms with van der Waals surface area (Å²) in [4.78, 5) is 10.6. The van der Waals surface area contributed by atoms with Gasteiger partial charge in [-0.05, 0) is 12.3 Å². The fourth-order valence-electron chi connectivity index (χ4n) is 1.39. The van der Waals surface area contributed by atoms with E-state index in [9.17, 15) is 4.79 Å². The van der Waals surface area contributed by atoms with Crippen molar-refractivity contribution in [2.75, 3.05) is 13.2 Å².